The van der Waals surface area contributed by atoms with Gasteiger partial charge in [0.05, 0.1) is 13.2 Å². The summed E-state index contributed by atoms with van der Waals surface area (Å²) in [4.78, 5) is 9.51. The molecule has 0 spiro atoms. The number of hydrogen-bond acceptors (Lipinski definition) is 3. The van der Waals surface area contributed by atoms with Crippen molar-refractivity contribution in [2.75, 3.05) is 13.2 Å². The minimum atomic E-state index is -3.85. The first-order chi connectivity index (χ1) is 7.99. The van der Waals surface area contributed by atoms with E-state index < -0.39 is 7.82 Å². The molecule has 0 heterocycles. The minimum Gasteiger partial charge on any atom is -0.302 e. The van der Waals surface area contributed by atoms with E-state index in [1.54, 1.807) is 0 Å². The number of phosphoric ester groups is 1. The van der Waals surface area contributed by atoms with Gasteiger partial charge in [-0.1, -0.05) is 53.4 Å². The Labute approximate surface area is 105 Å². The monoisotopic (exact) mass is 266 g/mol. The van der Waals surface area contributed by atoms with Gasteiger partial charge in [-0.25, -0.2) is 4.57 Å². The van der Waals surface area contributed by atoms with Crippen LogP contribution in [0.3, 0.4) is 0 Å². The van der Waals surface area contributed by atoms with Crippen LogP contribution >= 0.6 is 7.82 Å². The SMILES string of the molecule is CCC(CC)COP(=O)(O)OCC(CC)CC. The second-order valence-corrected chi connectivity index (χ2v) is 5.88. The lowest BCUT2D eigenvalue weighted by atomic mass is 10.1. The van der Waals surface area contributed by atoms with Crippen molar-refractivity contribution in [1.82, 2.24) is 0 Å². The van der Waals surface area contributed by atoms with Crippen LogP contribution in [0.5, 0.6) is 0 Å². The summed E-state index contributed by atoms with van der Waals surface area (Å²) in [6.07, 6.45) is 3.79. The van der Waals surface area contributed by atoms with Crippen molar-refractivity contribution in [3.63, 3.8) is 0 Å². The average Bonchev–Trinajstić information content (AvgIpc) is 2.31. The zero-order chi connectivity index (χ0) is 13.3. The normalized spacial score (nSPS) is 12.6. The standard InChI is InChI=1S/C12H27O4P/c1-5-11(6-2)9-15-17(13,14)16-10-12(7-3)8-4/h11-12H,5-10H2,1-4H3,(H,13,14). The van der Waals surface area contributed by atoms with Gasteiger partial charge in [0.15, 0.2) is 0 Å². The first kappa shape index (κ1) is 17.1. The molecule has 0 radical (unpaired) electrons. The zero-order valence-electron chi connectivity index (χ0n) is 11.5. The third kappa shape index (κ3) is 7.93. The summed E-state index contributed by atoms with van der Waals surface area (Å²) in [5.74, 6) is 0.652. The van der Waals surface area contributed by atoms with Gasteiger partial charge in [0, 0.05) is 0 Å². The van der Waals surface area contributed by atoms with Gasteiger partial charge in [-0.15, -0.1) is 0 Å². The van der Waals surface area contributed by atoms with E-state index in [2.05, 4.69) is 0 Å². The summed E-state index contributed by atoms with van der Waals surface area (Å²) in [5, 5.41) is 0. The van der Waals surface area contributed by atoms with Crippen LogP contribution < -0.4 is 0 Å². The van der Waals surface area contributed by atoms with Crippen molar-refractivity contribution in [2.45, 2.75) is 53.4 Å². The van der Waals surface area contributed by atoms with E-state index in [-0.39, 0.29) is 0 Å². The van der Waals surface area contributed by atoms with Crippen LogP contribution in [0.1, 0.15) is 53.4 Å². The Balaban J connectivity index is 3.98. The molecule has 1 N–H and O–H groups in total. The highest BCUT2D eigenvalue weighted by Crippen LogP contribution is 2.44. The van der Waals surface area contributed by atoms with Crippen LogP contribution in [0, 0.1) is 11.8 Å². The third-order valence-corrected chi connectivity index (χ3v) is 4.21. The van der Waals surface area contributed by atoms with Gasteiger partial charge >= 0.3 is 7.82 Å². The summed E-state index contributed by atoms with van der Waals surface area (Å²) in [5.41, 5.74) is 0. The Bertz CT molecular complexity index is 205. The zero-order valence-corrected chi connectivity index (χ0v) is 12.4. The van der Waals surface area contributed by atoms with Crippen molar-refractivity contribution >= 4 is 7.82 Å². The van der Waals surface area contributed by atoms with E-state index in [1.165, 1.54) is 0 Å². The van der Waals surface area contributed by atoms with Gasteiger partial charge in [-0.2, -0.15) is 0 Å². The molecule has 104 valence electrons. The average molecular weight is 266 g/mol. The smallest absolute Gasteiger partial charge is 0.302 e. The minimum absolute atomic E-state index is 0.295. The molecular formula is C12H27O4P. The van der Waals surface area contributed by atoms with E-state index in [9.17, 15) is 9.46 Å². The lowest BCUT2D eigenvalue weighted by Gasteiger charge is -2.18. The highest BCUT2D eigenvalue weighted by atomic mass is 31.2. The number of hydrogen-bond donors (Lipinski definition) is 1. The Morgan fingerprint density at radius 3 is 1.41 bits per heavy atom. The van der Waals surface area contributed by atoms with E-state index in [0.29, 0.717) is 25.0 Å². The predicted octanol–water partition coefficient (Wildman–Crippen LogP) is 3.99. The van der Waals surface area contributed by atoms with Gasteiger partial charge in [0.25, 0.3) is 0 Å². The molecule has 0 saturated carbocycles. The summed E-state index contributed by atoms with van der Waals surface area (Å²) < 4.78 is 21.6. The van der Waals surface area contributed by atoms with Crippen LogP contribution in [0.4, 0.5) is 0 Å². The quantitative estimate of drug-likeness (QED) is 0.607. The highest BCUT2D eigenvalue weighted by Gasteiger charge is 2.23. The molecule has 17 heavy (non-hydrogen) atoms. The van der Waals surface area contributed by atoms with Crippen LogP contribution in [-0.2, 0) is 13.6 Å². The van der Waals surface area contributed by atoms with Gasteiger partial charge in [-0.05, 0) is 11.8 Å². The van der Waals surface area contributed by atoms with E-state index in [1.807, 2.05) is 27.7 Å². The molecule has 0 fully saturated rings. The van der Waals surface area contributed by atoms with Crippen LogP contribution in [0.25, 0.3) is 0 Å². The molecule has 0 aromatic rings. The van der Waals surface area contributed by atoms with Crippen molar-refractivity contribution in [2.24, 2.45) is 11.8 Å². The molecule has 0 aliphatic carbocycles. The molecule has 0 aromatic carbocycles. The molecule has 4 nitrogen and oxygen atoms in total. The Morgan fingerprint density at radius 2 is 1.18 bits per heavy atom. The molecule has 0 atom stereocenters. The van der Waals surface area contributed by atoms with Crippen molar-refractivity contribution in [3.8, 4) is 0 Å². The molecule has 0 aliphatic heterocycles. The maximum absolute atomic E-state index is 11.6. The van der Waals surface area contributed by atoms with Crippen molar-refractivity contribution < 1.29 is 18.5 Å². The summed E-state index contributed by atoms with van der Waals surface area (Å²) >= 11 is 0. The van der Waals surface area contributed by atoms with Crippen molar-refractivity contribution in [1.29, 1.82) is 0 Å². The van der Waals surface area contributed by atoms with Crippen molar-refractivity contribution in [3.05, 3.63) is 0 Å². The molecule has 0 aromatic heterocycles. The molecule has 0 unspecified atom stereocenters. The first-order valence-corrected chi connectivity index (χ1v) is 8.10. The molecule has 0 amide bonds. The predicted molar refractivity (Wildman–Crippen MR) is 69.9 cm³/mol. The molecule has 0 saturated heterocycles. The summed E-state index contributed by atoms with van der Waals surface area (Å²) in [6, 6.07) is 0. The van der Waals surface area contributed by atoms with Gasteiger partial charge in [0.2, 0.25) is 0 Å². The van der Waals surface area contributed by atoms with Gasteiger partial charge in [0.1, 0.15) is 0 Å². The molecule has 0 bridgehead atoms. The highest BCUT2D eigenvalue weighted by molar-refractivity contribution is 7.47. The maximum Gasteiger partial charge on any atom is 0.472 e. The first-order valence-electron chi connectivity index (χ1n) is 6.60. The van der Waals surface area contributed by atoms with Crippen LogP contribution in [0.2, 0.25) is 0 Å². The molecular weight excluding hydrogens is 239 g/mol. The fourth-order valence-electron chi connectivity index (χ4n) is 1.49. The summed E-state index contributed by atoms with van der Waals surface area (Å²) in [7, 11) is -3.85. The second-order valence-electron chi connectivity index (χ2n) is 4.43. The number of rotatable bonds is 10. The molecule has 0 aliphatic rings. The van der Waals surface area contributed by atoms with Gasteiger partial charge < -0.3 is 4.89 Å². The molecule has 0 rings (SSSR count). The summed E-state index contributed by atoms with van der Waals surface area (Å²) in [6.45, 7) is 8.78. The Hall–Kier alpha value is 0.110. The van der Waals surface area contributed by atoms with E-state index in [4.69, 9.17) is 9.05 Å². The number of phosphoric acid groups is 1. The van der Waals surface area contributed by atoms with Crippen LogP contribution in [0.15, 0.2) is 0 Å². The molecule has 5 heteroatoms. The topological polar surface area (TPSA) is 55.8 Å². The fraction of sp³-hybridized carbons (Fsp3) is 1.00. The Morgan fingerprint density at radius 1 is 0.882 bits per heavy atom. The lowest BCUT2D eigenvalue weighted by Crippen LogP contribution is -2.10. The van der Waals surface area contributed by atoms with E-state index in [0.717, 1.165) is 25.7 Å². The second kappa shape index (κ2) is 9.09. The fourth-order valence-corrected chi connectivity index (χ4v) is 2.36. The third-order valence-electron chi connectivity index (χ3n) is 3.26. The van der Waals surface area contributed by atoms with Crippen LogP contribution in [-0.4, -0.2) is 18.1 Å². The van der Waals surface area contributed by atoms with E-state index >= 15 is 0 Å². The lowest BCUT2D eigenvalue weighted by molar-refractivity contribution is 0.113. The largest absolute Gasteiger partial charge is 0.472 e. The maximum atomic E-state index is 11.6. The Kier molecular flexibility index (Phi) is 9.15. The van der Waals surface area contributed by atoms with Gasteiger partial charge in [-0.3, -0.25) is 9.05 Å².